The van der Waals surface area contributed by atoms with Gasteiger partial charge < -0.3 is 23.5 Å². The Morgan fingerprint density at radius 3 is 1.65 bits per heavy atom. The fourth-order valence-electron chi connectivity index (χ4n) is 14.4. The van der Waals surface area contributed by atoms with E-state index in [0.717, 1.165) is 104 Å². The lowest BCUT2D eigenvalue weighted by molar-refractivity contribution is 0.332. The van der Waals surface area contributed by atoms with Crippen molar-refractivity contribution >= 4 is 107 Å². The van der Waals surface area contributed by atoms with Crippen molar-refractivity contribution in [3.8, 4) is 0 Å². The summed E-state index contributed by atoms with van der Waals surface area (Å²) < 4.78 is 14.3. The second kappa shape index (κ2) is 17.1. The number of hydrogen-bond acceptors (Lipinski definition) is 5. The predicted octanol–water partition coefficient (Wildman–Crippen LogP) is 19.2. The molecule has 0 bridgehead atoms. The van der Waals surface area contributed by atoms with E-state index in [9.17, 15) is 0 Å². The van der Waals surface area contributed by atoms with Gasteiger partial charge in [-0.15, -0.1) is 0 Å². The molecule has 4 aliphatic rings. The van der Waals surface area contributed by atoms with Crippen molar-refractivity contribution in [1.82, 2.24) is 0 Å². The fourth-order valence-corrected chi connectivity index (χ4v) is 14.4. The average Bonchev–Trinajstić information content (AvgIpc) is 1.85. The molecule has 0 saturated heterocycles. The lowest BCUT2D eigenvalue weighted by Crippen LogP contribution is -2.61. The normalized spacial score (nSPS) is 17.5. The Morgan fingerprint density at radius 2 is 0.975 bits per heavy atom. The van der Waals surface area contributed by atoms with Gasteiger partial charge in [0.2, 0.25) is 0 Å². The number of para-hydroxylation sites is 2. The van der Waals surface area contributed by atoms with Crippen LogP contribution in [0, 0.1) is 0 Å². The second-order valence-electron chi connectivity index (χ2n) is 28.7. The lowest BCUT2D eigenvalue weighted by atomic mass is 9.35. The van der Waals surface area contributed by atoms with E-state index in [-0.39, 0.29) is 39.2 Å². The Bertz CT molecular complexity index is 4180. The number of hydrogen-bond donors (Lipinski definition) is 0. The van der Waals surface area contributed by atoms with E-state index in [1.54, 1.807) is 0 Å². The number of anilines is 9. The van der Waals surface area contributed by atoms with Crippen LogP contribution >= 0.6 is 0 Å². The summed E-state index contributed by atoms with van der Waals surface area (Å²) in [6.07, 6.45) is 4.54. The smallest absolute Gasteiger partial charge is 0.297 e. The van der Waals surface area contributed by atoms with E-state index in [1.165, 1.54) is 55.7 Å². The zero-order chi connectivity index (χ0) is 55.8. The summed E-state index contributed by atoms with van der Waals surface area (Å²) in [6, 6.07) is 60.1. The van der Waals surface area contributed by atoms with Gasteiger partial charge >= 0.3 is 0 Å². The molecular weight excluding hydrogens is 974 g/mol. The highest BCUT2D eigenvalue weighted by atomic mass is 16.3. The Hall–Kier alpha value is -7.44. The molecule has 6 heteroatoms. The number of furan rings is 2. The zero-order valence-corrected chi connectivity index (χ0v) is 49.6. The Morgan fingerprint density at radius 1 is 0.412 bits per heavy atom. The van der Waals surface area contributed by atoms with Gasteiger partial charge in [-0.05, 0) is 187 Å². The van der Waals surface area contributed by atoms with Crippen molar-refractivity contribution in [3.63, 3.8) is 0 Å². The lowest BCUT2D eigenvalue weighted by Gasteiger charge is -2.47. The van der Waals surface area contributed by atoms with Crippen LogP contribution in [0.15, 0.2) is 167 Å². The summed E-state index contributed by atoms with van der Waals surface area (Å²) in [6.45, 7) is 33.3. The van der Waals surface area contributed by atoms with E-state index in [4.69, 9.17) is 8.83 Å². The Kier molecular flexibility index (Phi) is 10.8. The molecule has 4 heterocycles. The molecule has 2 aliphatic carbocycles. The average molecular weight is 1050 g/mol. The summed E-state index contributed by atoms with van der Waals surface area (Å²) in [5.74, 6) is 0. The molecule has 8 aromatic carbocycles. The maximum Gasteiger partial charge on any atom is 0.297 e. The molecule has 10 aromatic rings. The molecule has 0 N–H and O–H groups in total. The van der Waals surface area contributed by atoms with Gasteiger partial charge in [-0.3, -0.25) is 0 Å². The van der Waals surface area contributed by atoms with E-state index in [1.807, 2.05) is 0 Å². The third kappa shape index (κ3) is 7.70. The molecule has 402 valence electrons. The third-order valence-corrected chi connectivity index (χ3v) is 19.5. The van der Waals surface area contributed by atoms with Crippen LogP contribution in [0.4, 0.5) is 51.2 Å². The molecule has 80 heavy (non-hydrogen) atoms. The molecule has 14 rings (SSSR count). The Balaban J connectivity index is 1.14. The zero-order valence-electron chi connectivity index (χ0n) is 49.6. The van der Waals surface area contributed by atoms with E-state index >= 15 is 0 Å². The van der Waals surface area contributed by atoms with Crippen LogP contribution in [-0.2, 0) is 32.5 Å². The van der Waals surface area contributed by atoms with Crippen LogP contribution in [0.3, 0.4) is 0 Å². The summed E-state index contributed by atoms with van der Waals surface area (Å²) in [4.78, 5) is 7.68. The summed E-state index contributed by atoms with van der Waals surface area (Å²) in [5.41, 5.74) is 24.5. The standard InChI is InChI=1S/C74H76BN3O2/c1-69(2,3)45-24-27-48(28-25-45)78-62-41-51(76(47-20-16-15-17-21-47)50-29-31-53-52-22-18-19-23-63(52)79-65(53)42-50)40-61-66(62)75(68-67(78)54-38-46(70(4,5)6)26-33-64(54)80-68)59-43-57-58(74(13,14)37-36-73(57,11)12)44-60(59)77(61)49-30-32-55-56(39-49)72(9,10)35-34-71(55,7)8/h15-33,38-44H,34-37H2,1-14H3. The first-order chi connectivity index (χ1) is 37.9. The Labute approximate surface area is 474 Å². The van der Waals surface area contributed by atoms with Gasteiger partial charge in [-0.1, -0.05) is 164 Å². The molecule has 2 aliphatic heterocycles. The minimum atomic E-state index is -0.220. The van der Waals surface area contributed by atoms with Crippen molar-refractivity contribution in [2.45, 2.75) is 155 Å². The summed E-state index contributed by atoms with van der Waals surface area (Å²) in [7, 11) is 0. The summed E-state index contributed by atoms with van der Waals surface area (Å²) in [5, 5.41) is 3.36. The predicted molar refractivity (Wildman–Crippen MR) is 340 cm³/mol. The highest BCUT2D eigenvalue weighted by Crippen LogP contribution is 2.55. The van der Waals surface area contributed by atoms with Gasteiger partial charge in [0.05, 0.1) is 17.0 Å². The van der Waals surface area contributed by atoms with Crippen LogP contribution in [0.1, 0.15) is 156 Å². The van der Waals surface area contributed by atoms with Crippen LogP contribution in [-0.4, -0.2) is 6.71 Å². The second-order valence-corrected chi connectivity index (χ2v) is 28.7. The van der Waals surface area contributed by atoms with Crippen LogP contribution in [0.25, 0.3) is 32.9 Å². The SMILES string of the molecule is CC(C)(C)c1ccc(N2c3cc(N(c4ccccc4)c4ccc5c(c4)oc4ccccc45)cc4c3B(c3cc5c(cc3N4c3ccc4c(c3)C(C)(C)CCC4(C)C)C(C)(C)CCC5(C)C)c3oc4ccc(C(C)(C)C)cc4c32)cc1. The minimum Gasteiger partial charge on any atom is -0.468 e. The van der Waals surface area contributed by atoms with Crippen molar-refractivity contribution in [3.05, 3.63) is 191 Å². The van der Waals surface area contributed by atoms with E-state index in [0.29, 0.717) is 0 Å². The van der Waals surface area contributed by atoms with Gasteiger partial charge in [0.25, 0.3) is 6.71 Å². The minimum absolute atomic E-state index is 0.00430. The molecule has 2 aromatic heterocycles. The van der Waals surface area contributed by atoms with Crippen molar-refractivity contribution in [2.24, 2.45) is 0 Å². The van der Waals surface area contributed by atoms with Crippen molar-refractivity contribution in [2.75, 3.05) is 14.7 Å². The van der Waals surface area contributed by atoms with Crippen molar-refractivity contribution < 1.29 is 8.83 Å². The maximum atomic E-state index is 7.60. The first-order valence-corrected chi connectivity index (χ1v) is 29.4. The molecule has 0 saturated carbocycles. The number of benzene rings is 8. The number of nitrogens with zero attached hydrogens (tertiary/aromatic N) is 3. The first-order valence-electron chi connectivity index (χ1n) is 29.4. The van der Waals surface area contributed by atoms with Crippen LogP contribution in [0.2, 0.25) is 0 Å². The van der Waals surface area contributed by atoms with Gasteiger partial charge in [-0.2, -0.15) is 0 Å². The van der Waals surface area contributed by atoms with Crippen molar-refractivity contribution in [1.29, 1.82) is 0 Å². The van der Waals surface area contributed by atoms with Crippen LogP contribution in [0.5, 0.6) is 0 Å². The van der Waals surface area contributed by atoms with Gasteiger partial charge in [0.15, 0.2) is 0 Å². The van der Waals surface area contributed by atoms with E-state index < -0.39 is 0 Å². The molecule has 0 radical (unpaired) electrons. The number of rotatable bonds is 5. The molecule has 0 fully saturated rings. The molecule has 5 nitrogen and oxygen atoms in total. The maximum absolute atomic E-state index is 7.60. The monoisotopic (exact) mass is 1050 g/mol. The first kappa shape index (κ1) is 50.8. The largest absolute Gasteiger partial charge is 0.468 e. The third-order valence-electron chi connectivity index (χ3n) is 19.5. The van der Waals surface area contributed by atoms with Gasteiger partial charge in [0, 0.05) is 62.0 Å². The number of fused-ring (bicyclic) bond motifs is 11. The summed E-state index contributed by atoms with van der Waals surface area (Å²) >= 11 is 0. The molecule has 0 unspecified atom stereocenters. The highest BCUT2D eigenvalue weighted by molar-refractivity contribution is 7.00. The topological polar surface area (TPSA) is 36.0 Å². The molecule has 0 spiro atoms. The van der Waals surface area contributed by atoms with Gasteiger partial charge in [-0.25, -0.2) is 0 Å². The van der Waals surface area contributed by atoms with Crippen LogP contribution < -0.4 is 31.3 Å². The quantitative estimate of drug-likeness (QED) is 0.161. The van der Waals surface area contributed by atoms with E-state index in [2.05, 4.69) is 269 Å². The highest BCUT2D eigenvalue weighted by Gasteiger charge is 2.50. The molecular formula is C74H76BN3O2. The molecule has 0 atom stereocenters. The fraction of sp³-hybridized carbons (Fsp3) is 0.324. The van der Waals surface area contributed by atoms with Gasteiger partial charge in [0.1, 0.15) is 16.7 Å². The molecule has 0 amide bonds.